The highest BCUT2D eigenvalue weighted by atomic mass is 32.1. The second kappa shape index (κ2) is 7.70. The van der Waals surface area contributed by atoms with Gasteiger partial charge in [0, 0.05) is 42.5 Å². The largest absolute Gasteiger partial charge is 0.353 e. The zero-order valence-electron chi connectivity index (χ0n) is 17.9. The van der Waals surface area contributed by atoms with Gasteiger partial charge in [-0.2, -0.15) is 0 Å². The third kappa shape index (κ3) is 3.54. The molecule has 1 aliphatic heterocycles. The van der Waals surface area contributed by atoms with E-state index in [9.17, 15) is 4.79 Å². The van der Waals surface area contributed by atoms with Gasteiger partial charge in [-0.05, 0) is 38.0 Å². The van der Waals surface area contributed by atoms with E-state index >= 15 is 0 Å². The number of piperazine rings is 1. The smallest absolute Gasteiger partial charge is 0.252 e. The third-order valence-corrected chi connectivity index (χ3v) is 7.15. The van der Waals surface area contributed by atoms with Gasteiger partial charge in [-0.3, -0.25) is 4.79 Å². The van der Waals surface area contributed by atoms with Crippen molar-refractivity contribution in [2.45, 2.75) is 25.8 Å². The predicted octanol–water partition coefficient (Wildman–Crippen LogP) is 3.77. The summed E-state index contributed by atoms with van der Waals surface area (Å²) in [7, 11) is 0. The number of pyridine rings is 1. The average Bonchev–Trinajstić information content (AvgIpc) is 3.55. The van der Waals surface area contributed by atoms with Crippen molar-refractivity contribution < 1.29 is 4.79 Å². The number of para-hydroxylation sites is 1. The summed E-state index contributed by atoms with van der Waals surface area (Å²) in [6, 6.07) is 12.4. The molecule has 0 radical (unpaired) electrons. The number of nitrogens with zero attached hydrogens (tertiary/aromatic N) is 5. The van der Waals surface area contributed by atoms with Gasteiger partial charge in [0.05, 0.1) is 16.5 Å². The first-order valence-electron chi connectivity index (χ1n) is 11.1. The summed E-state index contributed by atoms with van der Waals surface area (Å²) in [5.74, 6) is 1.88. The molecule has 1 N–H and O–H groups in total. The van der Waals surface area contributed by atoms with Crippen molar-refractivity contribution in [2.24, 2.45) is 0 Å². The van der Waals surface area contributed by atoms with E-state index in [1.165, 1.54) is 4.88 Å². The van der Waals surface area contributed by atoms with Crippen molar-refractivity contribution in [1.82, 2.24) is 20.3 Å². The zero-order chi connectivity index (χ0) is 21.7. The summed E-state index contributed by atoms with van der Waals surface area (Å²) in [6.45, 7) is 5.45. The Balaban J connectivity index is 1.27. The van der Waals surface area contributed by atoms with Crippen molar-refractivity contribution >= 4 is 50.0 Å². The Hall–Kier alpha value is -3.26. The minimum Gasteiger partial charge on any atom is -0.353 e. The van der Waals surface area contributed by atoms with Crippen molar-refractivity contribution in [3.05, 3.63) is 53.2 Å². The number of carbonyl (C=O) groups is 1. The topological polar surface area (TPSA) is 74.2 Å². The van der Waals surface area contributed by atoms with Crippen molar-refractivity contribution in [2.75, 3.05) is 36.0 Å². The SMILES string of the molecule is Cc1cc2c(N3CCN(c4cc(C(=O)NC5CC5)c5ccccc5n4)CC3)ncnc2s1. The molecule has 6 rings (SSSR count). The van der Waals surface area contributed by atoms with Crippen LogP contribution < -0.4 is 15.1 Å². The Morgan fingerprint density at radius 3 is 2.62 bits per heavy atom. The van der Waals surface area contributed by atoms with Gasteiger partial charge in [-0.25, -0.2) is 15.0 Å². The third-order valence-electron chi connectivity index (χ3n) is 6.19. The maximum Gasteiger partial charge on any atom is 0.252 e. The number of rotatable bonds is 4. The summed E-state index contributed by atoms with van der Waals surface area (Å²) in [5.41, 5.74) is 1.57. The molecule has 1 aliphatic carbocycles. The molecule has 0 unspecified atom stereocenters. The van der Waals surface area contributed by atoms with E-state index in [0.29, 0.717) is 11.6 Å². The maximum atomic E-state index is 12.9. The van der Waals surface area contributed by atoms with Crippen LogP contribution in [0.5, 0.6) is 0 Å². The minimum atomic E-state index is 0.00203. The molecule has 1 saturated carbocycles. The molecule has 1 aromatic carbocycles. The Kier molecular flexibility index (Phi) is 4.68. The van der Waals surface area contributed by atoms with Gasteiger partial charge in [0.15, 0.2) is 0 Å². The number of hydrogen-bond acceptors (Lipinski definition) is 7. The summed E-state index contributed by atoms with van der Waals surface area (Å²) < 4.78 is 0. The van der Waals surface area contributed by atoms with Gasteiger partial charge >= 0.3 is 0 Å². The molecule has 162 valence electrons. The normalized spacial score (nSPS) is 16.7. The van der Waals surface area contributed by atoms with Crippen LogP contribution >= 0.6 is 11.3 Å². The number of carbonyl (C=O) groups excluding carboxylic acids is 1. The van der Waals surface area contributed by atoms with E-state index in [-0.39, 0.29) is 5.91 Å². The van der Waals surface area contributed by atoms with Gasteiger partial charge in [-0.15, -0.1) is 11.3 Å². The number of benzene rings is 1. The molecule has 8 heteroatoms. The molecule has 2 aliphatic rings. The highest BCUT2D eigenvalue weighted by molar-refractivity contribution is 7.18. The second-order valence-electron chi connectivity index (χ2n) is 8.54. The summed E-state index contributed by atoms with van der Waals surface area (Å²) >= 11 is 1.71. The van der Waals surface area contributed by atoms with Gasteiger partial charge < -0.3 is 15.1 Å². The van der Waals surface area contributed by atoms with Crippen LogP contribution in [-0.4, -0.2) is 53.1 Å². The van der Waals surface area contributed by atoms with Gasteiger partial charge in [0.1, 0.15) is 22.8 Å². The molecule has 1 saturated heterocycles. The van der Waals surface area contributed by atoms with Gasteiger partial charge in [-0.1, -0.05) is 18.2 Å². The fourth-order valence-electron chi connectivity index (χ4n) is 4.37. The Morgan fingerprint density at radius 1 is 1.03 bits per heavy atom. The summed E-state index contributed by atoms with van der Waals surface area (Å²) in [6.07, 6.45) is 3.81. The molecule has 7 nitrogen and oxygen atoms in total. The Morgan fingerprint density at radius 2 is 1.81 bits per heavy atom. The molecule has 4 heterocycles. The van der Waals surface area contributed by atoms with Crippen LogP contribution in [0.15, 0.2) is 42.7 Å². The van der Waals surface area contributed by atoms with E-state index in [1.807, 2.05) is 30.3 Å². The average molecular weight is 445 g/mol. The van der Waals surface area contributed by atoms with Crippen LogP contribution in [0.25, 0.3) is 21.1 Å². The molecule has 0 atom stereocenters. The molecule has 32 heavy (non-hydrogen) atoms. The minimum absolute atomic E-state index is 0.00203. The Bertz CT molecular complexity index is 1320. The fourth-order valence-corrected chi connectivity index (χ4v) is 5.21. The van der Waals surface area contributed by atoms with E-state index < -0.39 is 0 Å². The molecule has 1 amide bonds. The quantitative estimate of drug-likeness (QED) is 0.517. The molecule has 4 aromatic rings. The monoisotopic (exact) mass is 444 g/mol. The number of aryl methyl sites for hydroxylation is 1. The number of aromatic nitrogens is 3. The van der Waals surface area contributed by atoms with Gasteiger partial charge in [0.2, 0.25) is 0 Å². The first-order chi connectivity index (χ1) is 15.7. The maximum absolute atomic E-state index is 12.9. The number of hydrogen-bond donors (Lipinski definition) is 1. The van der Waals surface area contributed by atoms with Crippen molar-refractivity contribution in [3.63, 3.8) is 0 Å². The molecule has 3 aromatic heterocycles. The summed E-state index contributed by atoms with van der Waals surface area (Å²) in [5, 5.41) is 5.17. The second-order valence-corrected chi connectivity index (χ2v) is 9.77. The summed E-state index contributed by atoms with van der Waals surface area (Å²) in [4.78, 5) is 33.7. The van der Waals surface area contributed by atoms with Crippen LogP contribution in [0.1, 0.15) is 28.1 Å². The molecule has 0 spiro atoms. The highest BCUT2D eigenvalue weighted by Gasteiger charge is 2.26. The molecular formula is C24H24N6OS. The number of fused-ring (bicyclic) bond motifs is 2. The lowest BCUT2D eigenvalue weighted by Crippen LogP contribution is -2.47. The highest BCUT2D eigenvalue weighted by Crippen LogP contribution is 2.31. The van der Waals surface area contributed by atoms with Crippen molar-refractivity contribution in [3.8, 4) is 0 Å². The van der Waals surface area contributed by atoms with Gasteiger partial charge in [0.25, 0.3) is 5.91 Å². The fraction of sp³-hybridized carbons (Fsp3) is 0.333. The van der Waals surface area contributed by atoms with Crippen molar-refractivity contribution in [1.29, 1.82) is 0 Å². The van der Waals surface area contributed by atoms with Crippen LogP contribution in [0.4, 0.5) is 11.6 Å². The number of thiophene rings is 1. The lowest BCUT2D eigenvalue weighted by atomic mass is 10.1. The first kappa shape index (κ1) is 19.4. The van der Waals surface area contributed by atoms with E-state index in [0.717, 1.165) is 71.8 Å². The van der Waals surface area contributed by atoms with E-state index in [1.54, 1.807) is 17.7 Å². The number of amides is 1. The number of anilines is 2. The standard InChI is InChI=1S/C24H24N6OS/c1-15-12-19-22(25-14-26-24(19)32-15)30-10-8-29(9-11-30)21-13-18(23(31)27-16-6-7-16)17-4-2-3-5-20(17)28-21/h2-5,12-14,16H,6-11H2,1H3,(H,27,31). The van der Waals surface area contributed by atoms with E-state index in [2.05, 4.69) is 38.1 Å². The zero-order valence-corrected chi connectivity index (χ0v) is 18.7. The van der Waals surface area contributed by atoms with Crippen LogP contribution in [-0.2, 0) is 0 Å². The predicted molar refractivity (Wildman–Crippen MR) is 129 cm³/mol. The number of nitrogens with one attached hydrogen (secondary N) is 1. The Labute approximate surface area is 190 Å². The lowest BCUT2D eigenvalue weighted by molar-refractivity contribution is 0.0952. The van der Waals surface area contributed by atoms with Crippen LogP contribution in [0.3, 0.4) is 0 Å². The first-order valence-corrected chi connectivity index (χ1v) is 11.9. The molecular weight excluding hydrogens is 420 g/mol. The lowest BCUT2D eigenvalue weighted by Gasteiger charge is -2.36. The van der Waals surface area contributed by atoms with Crippen LogP contribution in [0.2, 0.25) is 0 Å². The van der Waals surface area contributed by atoms with Crippen LogP contribution in [0, 0.1) is 6.92 Å². The molecule has 2 fully saturated rings. The molecule has 0 bridgehead atoms. The van der Waals surface area contributed by atoms with E-state index in [4.69, 9.17) is 4.98 Å².